The minimum atomic E-state index is -2.81. The average Bonchev–Trinajstić information content (AvgIpc) is 2.62. The second kappa shape index (κ2) is 4.38. The second-order valence-corrected chi connectivity index (χ2v) is 4.59. The molecule has 1 aliphatic heterocycles. The molecule has 0 atom stereocenters. The normalized spacial score (nSPS) is 18.5. The number of rotatable bonds is 1. The Morgan fingerprint density at radius 2 is 2.18 bits per heavy atom. The number of aromatic nitrogens is 1. The molecule has 1 amide bonds. The third-order valence-electron chi connectivity index (χ3n) is 2.50. The minimum absolute atomic E-state index is 0.0338. The SMILES string of the molecule is O=C(c1cnc(Cl)c(Cl)c1)N1CCC(F)(F)C1. The van der Waals surface area contributed by atoms with E-state index in [2.05, 4.69) is 4.98 Å². The molecule has 7 heteroatoms. The van der Waals surface area contributed by atoms with Gasteiger partial charge in [0.05, 0.1) is 17.1 Å². The van der Waals surface area contributed by atoms with E-state index in [-0.39, 0.29) is 28.7 Å². The molecule has 0 spiro atoms. The molecule has 0 aliphatic carbocycles. The Bertz CT molecular complexity index is 468. The van der Waals surface area contributed by atoms with Gasteiger partial charge in [-0.2, -0.15) is 0 Å². The molecule has 0 aromatic carbocycles. The van der Waals surface area contributed by atoms with Crippen molar-refractivity contribution < 1.29 is 13.6 Å². The summed E-state index contributed by atoms with van der Waals surface area (Å²) in [6, 6.07) is 1.33. The van der Waals surface area contributed by atoms with Gasteiger partial charge in [-0.25, -0.2) is 13.8 Å². The van der Waals surface area contributed by atoms with Crippen molar-refractivity contribution in [2.24, 2.45) is 0 Å². The van der Waals surface area contributed by atoms with E-state index in [0.29, 0.717) is 0 Å². The fraction of sp³-hybridized carbons (Fsp3) is 0.400. The average molecular weight is 281 g/mol. The van der Waals surface area contributed by atoms with Crippen LogP contribution in [-0.2, 0) is 0 Å². The fourth-order valence-electron chi connectivity index (χ4n) is 1.63. The molecule has 1 aromatic rings. The number of nitrogens with zero attached hydrogens (tertiary/aromatic N) is 2. The van der Waals surface area contributed by atoms with Gasteiger partial charge >= 0.3 is 0 Å². The van der Waals surface area contributed by atoms with E-state index in [1.54, 1.807) is 0 Å². The lowest BCUT2D eigenvalue weighted by molar-refractivity contribution is 0.0120. The molecular weight excluding hydrogens is 273 g/mol. The van der Waals surface area contributed by atoms with Crippen LogP contribution in [0.4, 0.5) is 8.78 Å². The first-order chi connectivity index (χ1) is 7.89. The number of amides is 1. The standard InChI is InChI=1S/C10H8Cl2F2N2O/c11-7-3-6(4-15-8(7)12)9(17)16-2-1-10(13,14)5-16/h3-4H,1-2,5H2. The van der Waals surface area contributed by atoms with Crippen LogP contribution in [0, 0.1) is 0 Å². The van der Waals surface area contributed by atoms with E-state index in [1.165, 1.54) is 12.3 Å². The number of alkyl halides is 2. The zero-order valence-electron chi connectivity index (χ0n) is 8.59. The summed E-state index contributed by atoms with van der Waals surface area (Å²) in [4.78, 5) is 16.6. The van der Waals surface area contributed by atoms with E-state index in [1.807, 2.05) is 0 Å². The van der Waals surface area contributed by atoms with Gasteiger partial charge in [0.15, 0.2) is 0 Å². The van der Waals surface area contributed by atoms with Crippen LogP contribution in [-0.4, -0.2) is 34.8 Å². The molecule has 1 aromatic heterocycles. The molecule has 17 heavy (non-hydrogen) atoms. The highest BCUT2D eigenvalue weighted by Gasteiger charge is 2.40. The summed E-state index contributed by atoms with van der Waals surface area (Å²) >= 11 is 11.3. The van der Waals surface area contributed by atoms with Crippen LogP contribution < -0.4 is 0 Å². The van der Waals surface area contributed by atoms with Crippen molar-refractivity contribution in [1.29, 1.82) is 0 Å². The van der Waals surface area contributed by atoms with Gasteiger partial charge in [0, 0.05) is 19.2 Å². The molecule has 1 fully saturated rings. The number of carbonyl (C=O) groups excluding carboxylic acids is 1. The lowest BCUT2D eigenvalue weighted by atomic mass is 10.2. The van der Waals surface area contributed by atoms with Crippen LogP contribution in [0.1, 0.15) is 16.8 Å². The number of carbonyl (C=O) groups is 1. The maximum atomic E-state index is 13.0. The molecule has 0 unspecified atom stereocenters. The van der Waals surface area contributed by atoms with Crippen molar-refractivity contribution >= 4 is 29.1 Å². The first-order valence-corrected chi connectivity index (χ1v) is 5.63. The maximum Gasteiger partial charge on any atom is 0.267 e. The lowest BCUT2D eigenvalue weighted by Gasteiger charge is -2.15. The molecule has 0 saturated carbocycles. The van der Waals surface area contributed by atoms with Crippen LogP contribution in [0.25, 0.3) is 0 Å². The molecule has 1 aliphatic rings. The second-order valence-electron chi connectivity index (χ2n) is 3.83. The summed E-state index contributed by atoms with van der Waals surface area (Å²) in [5.41, 5.74) is 0.164. The Labute approximate surface area is 106 Å². The number of likely N-dealkylation sites (tertiary alicyclic amines) is 1. The molecule has 2 heterocycles. The Kier molecular flexibility index (Phi) is 3.23. The molecule has 1 saturated heterocycles. The molecule has 0 bridgehead atoms. The molecular formula is C10H8Cl2F2N2O. The predicted octanol–water partition coefficient (Wildman–Crippen LogP) is 2.87. The van der Waals surface area contributed by atoms with Crippen LogP contribution in [0.5, 0.6) is 0 Å². The molecule has 0 radical (unpaired) electrons. The first-order valence-electron chi connectivity index (χ1n) is 4.87. The van der Waals surface area contributed by atoms with Crippen molar-refractivity contribution in [3.63, 3.8) is 0 Å². The smallest absolute Gasteiger partial charge is 0.267 e. The molecule has 92 valence electrons. The van der Waals surface area contributed by atoms with Crippen molar-refractivity contribution in [3.05, 3.63) is 28.0 Å². The maximum absolute atomic E-state index is 13.0. The van der Waals surface area contributed by atoms with Crippen LogP contribution in [0.15, 0.2) is 12.3 Å². The zero-order chi connectivity index (χ0) is 12.6. The first kappa shape index (κ1) is 12.5. The van der Waals surface area contributed by atoms with Gasteiger partial charge < -0.3 is 4.90 Å². The van der Waals surface area contributed by atoms with Gasteiger partial charge in [-0.1, -0.05) is 23.2 Å². The summed E-state index contributed by atoms with van der Waals surface area (Å²) in [6.07, 6.45) is 0.917. The van der Waals surface area contributed by atoms with Crippen molar-refractivity contribution in [1.82, 2.24) is 9.88 Å². The van der Waals surface area contributed by atoms with Crippen molar-refractivity contribution in [3.8, 4) is 0 Å². The van der Waals surface area contributed by atoms with E-state index in [4.69, 9.17) is 23.2 Å². The topological polar surface area (TPSA) is 33.2 Å². The predicted molar refractivity (Wildman–Crippen MR) is 59.7 cm³/mol. The third kappa shape index (κ3) is 2.66. The summed E-state index contributed by atoms with van der Waals surface area (Å²) in [5, 5.41) is 0.207. The molecule has 0 N–H and O–H groups in total. The van der Waals surface area contributed by atoms with E-state index >= 15 is 0 Å². The van der Waals surface area contributed by atoms with Gasteiger partial charge in [0.2, 0.25) is 0 Å². The minimum Gasteiger partial charge on any atom is -0.332 e. The van der Waals surface area contributed by atoms with Crippen molar-refractivity contribution in [2.45, 2.75) is 12.3 Å². The highest BCUT2D eigenvalue weighted by Crippen LogP contribution is 2.28. The Hall–Kier alpha value is -0.940. The lowest BCUT2D eigenvalue weighted by Crippen LogP contribution is -2.31. The van der Waals surface area contributed by atoms with Crippen LogP contribution >= 0.6 is 23.2 Å². The summed E-state index contributed by atoms with van der Waals surface area (Å²) < 4.78 is 25.9. The Morgan fingerprint density at radius 1 is 1.47 bits per heavy atom. The van der Waals surface area contributed by atoms with Crippen molar-refractivity contribution in [2.75, 3.05) is 13.1 Å². The number of pyridine rings is 1. The number of hydrogen-bond acceptors (Lipinski definition) is 2. The highest BCUT2D eigenvalue weighted by atomic mass is 35.5. The van der Waals surface area contributed by atoms with Gasteiger partial charge in [-0.15, -0.1) is 0 Å². The fourth-order valence-corrected chi connectivity index (χ4v) is 1.90. The summed E-state index contributed by atoms with van der Waals surface area (Å²) in [7, 11) is 0. The quantitative estimate of drug-likeness (QED) is 0.741. The highest BCUT2D eigenvalue weighted by molar-refractivity contribution is 6.41. The Morgan fingerprint density at radius 3 is 2.71 bits per heavy atom. The third-order valence-corrected chi connectivity index (χ3v) is 3.19. The van der Waals surface area contributed by atoms with Crippen LogP contribution in [0.2, 0.25) is 10.2 Å². The molecule has 3 nitrogen and oxygen atoms in total. The van der Waals surface area contributed by atoms with E-state index in [9.17, 15) is 13.6 Å². The Balaban J connectivity index is 2.18. The zero-order valence-corrected chi connectivity index (χ0v) is 10.1. The summed E-state index contributed by atoms with van der Waals surface area (Å²) in [6.45, 7) is -0.530. The largest absolute Gasteiger partial charge is 0.332 e. The summed E-state index contributed by atoms with van der Waals surface area (Å²) in [5.74, 6) is -3.31. The monoisotopic (exact) mass is 280 g/mol. The number of hydrogen-bond donors (Lipinski definition) is 0. The van der Waals surface area contributed by atoms with Gasteiger partial charge in [-0.3, -0.25) is 4.79 Å². The van der Waals surface area contributed by atoms with E-state index < -0.39 is 18.4 Å². The van der Waals surface area contributed by atoms with Crippen LogP contribution in [0.3, 0.4) is 0 Å². The molecule has 2 rings (SSSR count). The van der Waals surface area contributed by atoms with Gasteiger partial charge in [0.1, 0.15) is 5.15 Å². The van der Waals surface area contributed by atoms with E-state index in [0.717, 1.165) is 4.90 Å². The number of halogens is 4. The van der Waals surface area contributed by atoms with Gasteiger partial charge in [-0.05, 0) is 6.07 Å². The van der Waals surface area contributed by atoms with Gasteiger partial charge in [0.25, 0.3) is 11.8 Å².